The van der Waals surface area contributed by atoms with Crippen molar-refractivity contribution in [3.63, 3.8) is 0 Å². The van der Waals surface area contributed by atoms with E-state index in [4.69, 9.17) is 4.74 Å². The minimum absolute atomic E-state index is 0.164. The molecular formula is C11H24O2. The van der Waals surface area contributed by atoms with E-state index in [1.54, 1.807) is 0 Å². The van der Waals surface area contributed by atoms with E-state index in [-0.39, 0.29) is 6.10 Å². The first-order valence-corrected chi connectivity index (χ1v) is 5.29. The first kappa shape index (κ1) is 12.9. The molecule has 2 heteroatoms. The summed E-state index contributed by atoms with van der Waals surface area (Å²) in [7, 11) is 0. The Morgan fingerprint density at radius 2 is 1.77 bits per heavy atom. The summed E-state index contributed by atoms with van der Waals surface area (Å²) >= 11 is 0. The first-order chi connectivity index (χ1) is 6.04. The van der Waals surface area contributed by atoms with Gasteiger partial charge in [-0.15, -0.1) is 0 Å². The van der Waals surface area contributed by atoms with Crippen molar-refractivity contribution in [2.75, 3.05) is 13.2 Å². The zero-order valence-electron chi connectivity index (χ0n) is 9.42. The quantitative estimate of drug-likeness (QED) is 0.622. The largest absolute Gasteiger partial charge is 0.393 e. The molecule has 0 aliphatic rings. The van der Waals surface area contributed by atoms with E-state index in [0.29, 0.717) is 11.8 Å². The van der Waals surface area contributed by atoms with Crippen LogP contribution in [0.15, 0.2) is 0 Å². The van der Waals surface area contributed by atoms with Gasteiger partial charge < -0.3 is 9.84 Å². The van der Waals surface area contributed by atoms with E-state index in [1.807, 2.05) is 13.8 Å². The van der Waals surface area contributed by atoms with Crippen LogP contribution in [0, 0.1) is 11.8 Å². The van der Waals surface area contributed by atoms with Crippen LogP contribution in [-0.4, -0.2) is 24.4 Å². The SMILES string of the molecule is CC(C)COCCCC(O)C(C)C. The Morgan fingerprint density at radius 1 is 1.15 bits per heavy atom. The molecule has 0 saturated carbocycles. The number of aliphatic hydroxyl groups excluding tert-OH is 1. The normalized spacial score (nSPS) is 14.1. The summed E-state index contributed by atoms with van der Waals surface area (Å²) in [6, 6.07) is 0. The molecule has 0 saturated heterocycles. The molecule has 0 bridgehead atoms. The van der Waals surface area contributed by atoms with Gasteiger partial charge in [0.2, 0.25) is 0 Å². The van der Waals surface area contributed by atoms with Gasteiger partial charge in [0.15, 0.2) is 0 Å². The minimum atomic E-state index is -0.164. The molecule has 0 amide bonds. The number of hydrogen-bond acceptors (Lipinski definition) is 2. The van der Waals surface area contributed by atoms with E-state index in [1.165, 1.54) is 0 Å². The summed E-state index contributed by atoms with van der Waals surface area (Å²) in [5.41, 5.74) is 0. The van der Waals surface area contributed by atoms with Gasteiger partial charge in [-0.1, -0.05) is 27.7 Å². The van der Waals surface area contributed by atoms with Gasteiger partial charge in [-0.05, 0) is 24.7 Å². The molecule has 1 unspecified atom stereocenters. The third-order valence-electron chi connectivity index (χ3n) is 2.01. The average molecular weight is 188 g/mol. The molecule has 0 heterocycles. The summed E-state index contributed by atoms with van der Waals surface area (Å²) in [4.78, 5) is 0. The highest BCUT2D eigenvalue weighted by Gasteiger charge is 2.07. The monoisotopic (exact) mass is 188 g/mol. The number of rotatable bonds is 7. The second-order valence-electron chi connectivity index (χ2n) is 4.42. The Bertz CT molecular complexity index is 111. The predicted octanol–water partition coefficient (Wildman–Crippen LogP) is 2.46. The lowest BCUT2D eigenvalue weighted by Crippen LogP contribution is -2.15. The van der Waals surface area contributed by atoms with Gasteiger partial charge in [-0.2, -0.15) is 0 Å². The van der Waals surface area contributed by atoms with Gasteiger partial charge in [0, 0.05) is 13.2 Å². The molecule has 0 aromatic carbocycles. The van der Waals surface area contributed by atoms with Crippen molar-refractivity contribution in [3.8, 4) is 0 Å². The van der Waals surface area contributed by atoms with Crippen molar-refractivity contribution in [1.29, 1.82) is 0 Å². The van der Waals surface area contributed by atoms with E-state index in [9.17, 15) is 5.11 Å². The standard InChI is InChI=1S/C11H24O2/c1-9(2)8-13-7-5-6-11(12)10(3)4/h9-12H,5-8H2,1-4H3. The zero-order chi connectivity index (χ0) is 10.3. The lowest BCUT2D eigenvalue weighted by molar-refractivity contribution is 0.0761. The first-order valence-electron chi connectivity index (χ1n) is 5.29. The maximum Gasteiger partial charge on any atom is 0.0564 e. The van der Waals surface area contributed by atoms with Crippen molar-refractivity contribution in [2.45, 2.75) is 46.6 Å². The minimum Gasteiger partial charge on any atom is -0.393 e. The number of ether oxygens (including phenoxy) is 1. The van der Waals surface area contributed by atoms with Gasteiger partial charge in [0.1, 0.15) is 0 Å². The van der Waals surface area contributed by atoms with Crippen LogP contribution in [0.3, 0.4) is 0 Å². The van der Waals surface area contributed by atoms with Crippen LogP contribution >= 0.6 is 0 Å². The summed E-state index contributed by atoms with van der Waals surface area (Å²) in [5.74, 6) is 0.972. The maximum atomic E-state index is 9.48. The van der Waals surface area contributed by atoms with E-state index < -0.39 is 0 Å². The molecule has 2 nitrogen and oxygen atoms in total. The molecule has 0 aliphatic heterocycles. The van der Waals surface area contributed by atoms with Crippen LogP contribution in [0.1, 0.15) is 40.5 Å². The van der Waals surface area contributed by atoms with Crippen molar-refractivity contribution in [3.05, 3.63) is 0 Å². The fourth-order valence-electron chi connectivity index (χ4n) is 1.05. The fourth-order valence-corrected chi connectivity index (χ4v) is 1.05. The second-order valence-corrected chi connectivity index (χ2v) is 4.42. The number of aliphatic hydroxyl groups is 1. The zero-order valence-corrected chi connectivity index (χ0v) is 9.42. The highest BCUT2D eigenvalue weighted by atomic mass is 16.5. The lowest BCUT2D eigenvalue weighted by Gasteiger charge is -2.14. The Kier molecular flexibility index (Phi) is 7.29. The third-order valence-corrected chi connectivity index (χ3v) is 2.01. The summed E-state index contributed by atoms with van der Waals surface area (Å²) in [5, 5.41) is 9.48. The van der Waals surface area contributed by atoms with Crippen molar-refractivity contribution >= 4 is 0 Å². The van der Waals surface area contributed by atoms with Gasteiger partial charge in [0.25, 0.3) is 0 Å². The van der Waals surface area contributed by atoms with Crippen LogP contribution in [-0.2, 0) is 4.74 Å². The molecule has 0 aromatic heterocycles. The Morgan fingerprint density at radius 3 is 2.23 bits per heavy atom. The van der Waals surface area contributed by atoms with Crippen molar-refractivity contribution in [1.82, 2.24) is 0 Å². The molecule has 13 heavy (non-hydrogen) atoms. The Balaban J connectivity index is 3.16. The molecule has 80 valence electrons. The van der Waals surface area contributed by atoms with Gasteiger partial charge >= 0.3 is 0 Å². The van der Waals surface area contributed by atoms with Crippen LogP contribution in [0.5, 0.6) is 0 Å². The number of hydrogen-bond donors (Lipinski definition) is 1. The Labute approximate surface area is 82.3 Å². The molecule has 0 spiro atoms. The van der Waals surface area contributed by atoms with Crippen molar-refractivity contribution in [2.24, 2.45) is 11.8 Å². The molecule has 0 rings (SSSR count). The molecular weight excluding hydrogens is 164 g/mol. The van der Waals surface area contributed by atoms with Crippen LogP contribution in [0.2, 0.25) is 0 Å². The fraction of sp³-hybridized carbons (Fsp3) is 1.00. The molecule has 0 radical (unpaired) electrons. The van der Waals surface area contributed by atoms with E-state index in [0.717, 1.165) is 26.1 Å². The maximum absolute atomic E-state index is 9.48. The van der Waals surface area contributed by atoms with Crippen LogP contribution < -0.4 is 0 Å². The molecule has 1 atom stereocenters. The third kappa shape index (κ3) is 8.26. The average Bonchev–Trinajstić information content (AvgIpc) is 2.02. The van der Waals surface area contributed by atoms with Crippen LogP contribution in [0.4, 0.5) is 0 Å². The molecule has 1 N–H and O–H groups in total. The highest BCUT2D eigenvalue weighted by molar-refractivity contribution is 4.59. The lowest BCUT2D eigenvalue weighted by atomic mass is 10.0. The predicted molar refractivity (Wildman–Crippen MR) is 55.7 cm³/mol. The summed E-state index contributed by atoms with van der Waals surface area (Å²) in [6.07, 6.45) is 1.66. The van der Waals surface area contributed by atoms with E-state index >= 15 is 0 Å². The molecule has 0 fully saturated rings. The van der Waals surface area contributed by atoms with Crippen LogP contribution in [0.25, 0.3) is 0 Å². The van der Waals surface area contributed by atoms with Gasteiger partial charge in [-0.3, -0.25) is 0 Å². The smallest absolute Gasteiger partial charge is 0.0564 e. The van der Waals surface area contributed by atoms with E-state index in [2.05, 4.69) is 13.8 Å². The van der Waals surface area contributed by atoms with Gasteiger partial charge in [0.05, 0.1) is 6.10 Å². The van der Waals surface area contributed by atoms with Gasteiger partial charge in [-0.25, -0.2) is 0 Å². The second kappa shape index (κ2) is 7.34. The topological polar surface area (TPSA) is 29.5 Å². The Hall–Kier alpha value is -0.0800. The summed E-state index contributed by atoms with van der Waals surface area (Å²) < 4.78 is 5.41. The molecule has 0 aromatic rings. The molecule has 0 aliphatic carbocycles. The van der Waals surface area contributed by atoms with Crippen molar-refractivity contribution < 1.29 is 9.84 Å². The highest BCUT2D eigenvalue weighted by Crippen LogP contribution is 2.08. The summed E-state index contributed by atoms with van der Waals surface area (Å²) in [6.45, 7) is 9.98.